The van der Waals surface area contributed by atoms with Gasteiger partial charge in [-0.1, -0.05) is 59.4 Å². The summed E-state index contributed by atoms with van der Waals surface area (Å²) in [4.78, 5) is 0. The van der Waals surface area contributed by atoms with Gasteiger partial charge in [0.25, 0.3) is 0 Å². The van der Waals surface area contributed by atoms with Crippen molar-refractivity contribution >= 4 is 15.5 Å². The van der Waals surface area contributed by atoms with Crippen molar-refractivity contribution in [2.45, 2.75) is 68.2 Å². The number of rotatable bonds is 7. The molecule has 0 aliphatic carbocycles. The van der Waals surface area contributed by atoms with Crippen LogP contribution in [-0.4, -0.2) is 25.6 Å². The van der Waals surface area contributed by atoms with Crippen LogP contribution in [0, 0.1) is 12.3 Å². The molecule has 0 atom stereocenters. The van der Waals surface area contributed by atoms with Crippen LogP contribution in [0.15, 0.2) is 24.3 Å². The third-order valence-corrected chi connectivity index (χ3v) is 4.69. The zero-order valence-electron chi connectivity index (χ0n) is 15.1. The number of hydrogen-bond acceptors (Lipinski definition) is 3. The van der Waals surface area contributed by atoms with Gasteiger partial charge in [0, 0.05) is 5.71 Å². The Bertz CT molecular complexity index is 508. The van der Waals surface area contributed by atoms with Crippen LogP contribution >= 0.6 is 0 Å². The van der Waals surface area contributed by atoms with Crippen molar-refractivity contribution in [2.24, 2.45) is 0 Å². The van der Waals surface area contributed by atoms with Gasteiger partial charge in [0.2, 0.25) is 0 Å². The minimum atomic E-state index is -3.00. The average molecular weight is 344 g/mol. The molecule has 0 aromatic heterocycles. The van der Waals surface area contributed by atoms with Gasteiger partial charge in [-0.15, -0.1) is 0 Å². The molecule has 0 saturated carbocycles. The third kappa shape index (κ3) is 14.2. The molecule has 0 fully saturated rings. The molecule has 23 heavy (non-hydrogen) atoms. The fourth-order valence-electron chi connectivity index (χ4n) is 1.78. The summed E-state index contributed by atoms with van der Waals surface area (Å²) in [6.45, 7) is 11.7. The molecule has 3 nitrogen and oxygen atoms in total. The van der Waals surface area contributed by atoms with Crippen molar-refractivity contribution in [3.05, 3.63) is 35.4 Å². The minimum Gasteiger partial charge on any atom is -0.310 e. The summed E-state index contributed by atoms with van der Waals surface area (Å²) in [5.74, 6) is 0.324. The molecule has 1 rings (SSSR count). The summed E-state index contributed by atoms with van der Waals surface area (Å²) >= 11 is 0. The molecule has 0 amide bonds. The molecule has 0 radical (unpaired) electrons. The van der Waals surface area contributed by atoms with E-state index in [1.807, 2.05) is 58.9 Å². The molecule has 136 valence electrons. The smallest absolute Gasteiger partial charge is 0.150 e. The quantitative estimate of drug-likeness (QED) is 0.668. The summed E-state index contributed by atoms with van der Waals surface area (Å²) in [5, 5.41) is 7.25. The molecule has 0 unspecified atom stereocenters. The standard InChI is InChI=1S/C14H21NO2S.2C2H6.CH4/c1-12-6-3-4-7-14(12)8-5-10-18(16,17)11-9-13(2)15;2*1-2;/h3-4,6-7,15H,5,8-11H2,1-2H3;2*1-2H3;1H4. The van der Waals surface area contributed by atoms with Crippen LogP contribution in [0.3, 0.4) is 0 Å². The van der Waals surface area contributed by atoms with Gasteiger partial charge in [-0.3, -0.25) is 0 Å². The lowest BCUT2D eigenvalue weighted by atomic mass is 10.1. The monoisotopic (exact) mass is 343 g/mol. The van der Waals surface area contributed by atoms with E-state index < -0.39 is 9.84 Å². The molecule has 4 heteroatoms. The fourth-order valence-corrected chi connectivity index (χ4v) is 3.19. The number of hydrogen-bond donors (Lipinski definition) is 1. The van der Waals surface area contributed by atoms with Crippen LogP contribution in [-0.2, 0) is 16.3 Å². The average Bonchev–Trinajstić information content (AvgIpc) is 2.51. The van der Waals surface area contributed by atoms with Crippen LogP contribution in [0.2, 0.25) is 0 Å². The molecule has 0 aliphatic heterocycles. The fraction of sp³-hybridized carbons (Fsp3) is 0.632. The Morgan fingerprint density at radius 1 is 1.04 bits per heavy atom. The molecule has 0 aliphatic rings. The number of nitrogens with one attached hydrogen (secondary N) is 1. The van der Waals surface area contributed by atoms with E-state index in [9.17, 15) is 8.42 Å². The SMILES string of the molecule is C.CC.CC.CC(=N)CCS(=O)(=O)CCCc1ccccc1C. The maximum Gasteiger partial charge on any atom is 0.150 e. The first-order valence-electron chi connectivity index (χ1n) is 8.20. The van der Waals surface area contributed by atoms with Crippen LogP contribution in [0.4, 0.5) is 0 Å². The number of aryl methyl sites for hydroxylation is 2. The molecule has 0 spiro atoms. The Morgan fingerprint density at radius 2 is 1.57 bits per heavy atom. The highest BCUT2D eigenvalue weighted by Gasteiger charge is 2.11. The van der Waals surface area contributed by atoms with Gasteiger partial charge < -0.3 is 5.41 Å². The van der Waals surface area contributed by atoms with Crippen molar-refractivity contribution < 1.29 is 8.42 Å². The number of sulfone groups is 1. The molecular formula is C19H37NO2S. The van der Waals surface area contributed by atoms with E-state index in [4.69, 9.17) is 5.41 Å². The highest BCUT2D eigenvalue weighted by atomic mass is 32.2. The van der Waals surface area contributed by atoms with Crippen LogP contribution in [0.25, 0.3) is 0 Å². The van der Waals surface area contributed by atoms with E-state index in [0.29, 0.717) is 18.6 Å². The van der Waals surface area contributed by atoms with E-state index >= 15 is 0 Å². The summed E-state index contributed by atoms with van der Waals surface area (Å²) in [6.07, 6.45) is 1.81. The molecular weight excluding hydrogens is 306 g/mol. The second-order valence-electron chi connectivity index (χ2n) is 4.71. The largest absolute Gasteiger partial charge is 0.310 e. The molecule has 1 aromatic carbocycles. The highest BCUT2D eigenvalue weighted by molar-refractivity contribution is 7.91. The van der Waals surface area contributed by atoms with Gasteiger partial charge in [0.1, 0.15) is 0 Å². The van der Waals surface area contributed by atoms with E-state index in [2.05, 4.69) is 0 Å². The normalized spacial score (nSPS) is 9.48. The second kappa shape index (κ2) is 15.7. The first-order valence-corrected chi connectivity index (χ1v) is 10.0. The first kappa shape index (κ1) is 26.7. The predicted molar refractivity (Wildman–Crippen MR) is 106 cm³/mol. The Morgan fingerprint density at radius 3 is 2.04 bits per heavy atom. The molecule has 1 N–H and O–H groups in total. The maximum absolute atomic E-state index is 11.7. The summed E-state index contributed by atoms with van der Waals surface area (Å²) in [7, 11) is -3.00. The van der Waals surface area contributed by atoms with Crippen LogP contribution < -0.4 is 0 Å². The van der Waals surface area contributed by atoms with Gasteiger partial charge >= 0.3 is 0 Å². The van der Waals surface area contributed by atoms with Gasteiger partial charge in [0.15, 0.2) is 9.84 Å². The van der Waals surface area contributed by atoms with Crippen molar-refractivity contribution in [1.82, 2.24) is 0 Å². The van der Waals surface area contributed by atoms with Crippen molar-refractivity contribution in [3.63, 3.8) is 0 Å². The second-order valence-corrected chi connectivity index (χ2v) is 7.02. The van der Waals surface area contributed by atoms with E-state index in [1.54, 1.807) is 6.92 Å². The van der Waals surface area contributed by atoms with Crippen LogP contribution in [0.5, 0.6) is 0 Å². The Balaban J connectivity index is -0.000000739. The molecule has 1 aromatic rings. The van der Waals surface area contributed by atoms with Crippen molar-refractivity contribution in [3.8, 4) is 0 Å². The van der Waals surface area contributed by atoms with Crippen molar-refractivity contribution in [2.75, 3.05) is 11.5 Å². The first-order chi connectivity index (χ1) is 10.4. The molecule has 0 bridgehead atoms. The molecule has 0 saturated heterocycles. The van der Waals surface area contributed by atoms with Gasteiger partial charge in [-0.2, -0.15) is 0 Å². The van der Waals surface area contributed by atoms with E-state index in [1.165, 1.54) is 11.1 Å². The maximum atomic E-state index is 11.7. The van der Waals surface area contributed by atoms with Crippen LogP contribution in [0.1, 0.15) is 66.0 Å². The van der Waals surface area contributed by atoms with Crippen molar-refractivity contribution in [1.29, 1.82) is 5.41 Å². The number of benzene rings is 1. The van der Waals surface area contributed by atoms with Gasteiger partial charge in [-0.05, 0) is 44.2 Å². The third-order valence-electron chi connectivity index (χ3n) is 2.95. The minimum absolute atomic E-state index is 0. The van der Waals surface area contributed by atoms with E-state index in [-0.39, 0.29) is 18.9 Å². The highest BCUT2D eigenvalue weighted by Crippen LogP contribution is 2.10. The Kier molecular flexibility index (Phi) is 18.3. The van der Waals surface area contributed by atoms with Gasteiger partial charge in [-0.25, -0.2) is 8.42 Å². The summed E-state index contributed by atoms with van der Waals surface area (Å²) < 4.78 is 23.4. The Hall–Kier alpha value is -1.16. The summed E-state index contributed by atoms with van der Waals surface area (Å²) in [6, 6.07) is 8.06. The lowest BCUT2D eigenvalue weighted by Crippen LogP contribution is -2.14. The zero-order valence-corrected chi connectivity index (χ0v) is 15.9. The lowest BCUT2D eigenvalue weighted by Gasteiger charge is -2.06. The van der Waals surface area contributed by atoms with Gasteiger partial charge in [0.05, 0.1) is 11.5 Å². The Labute approximate surface area is 145 Å². The summed E-state index contributed by atoms with van der Waals surface area (Å²) in [5.41, 5.74) is 2.86. The topological polar surface area (TPSA) is 58.0 Å². The predicted octanol–water partition coefficient (Wildman–Crippen LogP) is 5.46. The lowest BCUT2D eigenvalue weighted by molar-refractivity contribution is 0.593. The van der Waals surface area contributed by atoms with E-state index in [0.717, 1.165) is 6.42 Å². The molecule has 0 heterocycles. The zero-order chi connectivity index (χ0) is 17.6.